The van der Waals surface area contributed by atoms with Gasteiger partial charge in [-0.3, -0.25) is 0 Å². The molecule has 5 rings (SSSR count). The van der Waals surface area contributed by atoms with Gasteiger partial charge in [-0.05, 0) is 42.7 Å². The molecular weight excluding hydrogens is 378 g/mol. The molecule has 3 heterocycles. The third-order valence-corrected chi connectivity index (χ3v) is 5.86. The van der Waals surface area contributed by atoms with Gasteiger partial charge in [0.1, 0.15) is 12.4 Å². The number of fused-ring (bicyclic) bond motifs is 3. The summed E-state index contributed by atoms with van der Waals surface area (Å²) in [5.41, 5.74) is 2.53. The molecule has 5 nitrogen and oxygen atoms in total. The minimum absolute atomic E-state index is 0.325. The average Bonchev–Trinajstić information content (AvgIpc) is 2.82. The van der Waals surface area contributed by atoms with Crippen molar-refractivity contribution in [2.45, 2.75) is 45.0 Å². The number of hydrogen-bond donors (Lipinski definition) is 0. The molecule has 3 fully saturated rings. The van der Waals surface area contributed by atoms with Gasteiger partial charge in [0, 0.05) is 5.56 Å². The number of nitriles is 1. The number of nitrogens with zero attached hydrogens (tertiary/aromatic N) is 1. The van der Waals surface area contributed by atoms with Crippen molar-refractivity contribution in [3.8, 4) is 11.8 Å². The maximum atomic E-state index is 8.90. The maximum Gasteiger partial charge on any atom is 0.312 e. The second-order valence-corrected chi connectivity index (χ2v) is 8.35. The van der Waals surface area contributed by atoms with Gasteiger partial charge in [0.05, 0.1) is 36.9 Å². The average molecular weight is 408 g/mol. The quantitative estimate of drug-likeness (QED) is 0.552. The minimum atomic E-state index is -1.10. The van der Waals surface area contributed by atoms with Crippen LogP contribution in [0.3, 0.4) is 0 Å². The van der Waals surface area contributed by atoms with Crippen LogP contribution in [0.2, 0.25) is 0 Å². The molecule has 0 amide bonds. The molecule has 2 aromatic carbocycles. The van der Waals surface area contributed by atoms with Gasteiger partial charge in [-0.15, -0.1) is 0 Å². The van der Waals surface area contributed by atoms with Crippen LogP contribution in [0.15, 0.2) is 48.5 Å². The van der Waals surface area contributed by atoms with Crippen LogP contribution in [0.5, 0.6) is 5.75 Å². The van der Waals surface area contributed by atoms with E-state index in [4.69, 9.17) is 24.2 Å². The third-order valence-electron chi connectivity index (χ3n) is 5.86. The van der Waals surface area contributed by atoms with Crippen LogP contribution in [-0.4, -0.2) is 26.4 Å². The molecule has 3 aliphatic heterocycles. The zero-order valence-corrected chi connectivity index (χ0v) is 17.6. The monoisotopic (exact) mass is 407 g/mol. The van der Waals surface area contributed by atoms with Crippen molar-refractivity contribution in [1.29, 1.82) is 5.26 Å². The van der Waals surface area contributed by atoms with Crippen LogP contribution in [-0.2, 0) is 26.6 Å². The Labute approximate surface area is 178 Å². The minimum Gasteiger partial charge on any atom is -0.493 e. The summed E-state index contributed by atoms with van der Waals surface area (Å²) in [6.45, 7) is 4.22. The third kappa shape index (κ3) is 4.52. The van der Waals surface area contributed by atoms with Gasteiger partial charge in [0.2, 0.25) is 0 Å². The number of aryl methyl sites for hydroxylation is 1. The number of benzene rings is 2. The maximum absolute atomic E-state index is 8.90. The molecule has 0 spiro atoms. The van der Waals surface area contributed by atoms with E-state index >= 15 is 0 Å². The van der Waals surface area contributed by atoms with E-state index in [2.05, 4.69) is 37.3 Å². The predicted molar refractivity (Wildman–Crippen MR) is 113 cm³/mol. The Morgan fingerprint density at radius 1 is 0.900 bits per heavy atom. The van der Waals surface area contributed by atoms with Gasteiger partial charge in [-0.2, -0.15) is 5.26 Å². The van der Waals surface area contributed by atoms with Crippen LogP contribution in [0.25, 0.3) is 0 Å². The van der Waals surface area contributed by atoms with Gasteiger partial charge in [-0.25, -0.2) is 0 Å². The lowest BCUT2D eigenvalue weighted by Crippen LogP contribution is -2.60. The molecule has 0 aliphatic carbocycles. The van der Waals surface area contributed by atoms with E-state index < -0.39 is 5.97 Å². The first-order valence-electron chi connectivity index (χ1n) is 10.8. The summed E-state index contributed by atoms with van der Waals surface area (Å²) in [5.74, 6) is -0.378. The van der Waals surface area contributed by atoms with Gasteiger partial charge in [-0.1, -0.05) is 50.5 Å². The molecule has 2 aromatic rings. The van der Waals surface area contributed by atoms with E-state index in [1.807, 2.05) is 0 Å². The van der Waals surface area contributed by atoms with Crippen LogP contribution in [0, 0.1) is 16.7 Å². The number of hydrogen-bond acceptors (Lipinski definition) is 5. The zero-order valence-electron chi connectivity index (χ0n) is 17.6. The summed E-state index contributed by atoms with van der Waals surface area (Å²) >= 11 is 0. The molecule has 0 radical (unpaired) electrons. The molecule has 3 aliphatic rings. The van der Waals surface area contributed by atoms with Crippen molar-refractivity contribution in [2.24, 2.45) is 5.41 Å². The molecule has 158 valence electrons. The van der Waals surface area contributed by atoms with Crippen molar-refractivity contribution in [3.63, 3.8) is 0 Å². The van der Waals surface area contributed by atoms with Crippen LogP contribution in [0.4, 0.5) is 0 Å². The smallest absolute Gasteiger partial charge is 0.312 e. The molecule has 30 heavy (non-hydrogen) atoms. The number of rotatable bonds is 9. The summed E-state index contributed by atoms with van der Waals surface area (Å²) in [7, 11) is 0. The first kappa shape index (κ1) is 20.9. The van der Waals surface area contributed by atoms with Crippen LogP contribution >= 0.6 is 0 Å². The highest BCUT2D eigenvalue weighted by Gasteiger charge is 2.54. The Balaban J connectivity index is 1.32. The Hall–Kier alpha value is -2.39. The van der Waals surface area contributed by atoms with Crippen molar-refractivity contribution in [2.75, 3.05) is 26.4 Å². The van der Waals surface area contributed by atoms with Crippen LogP contribution in [0.1, 0.15) is 49.3 Å². The summed E-state index contributed by atoms with van der Waals surface area (Å²) in [5, 5.41) is 8.90. The zero-order chi connectivity index (χ0) is 20.9. The summed E-state index contributed by atoms with van der Waals surface area (Å²) < 4.78 is 24.1. The fourth-order valence-electron chi connectivity index (χ4n) is 3.86. The van der Waals surface area contributed by atoms with Crippen molar-refractivity contribution in [1.82, 2.24) is 0 Å². The lowest BCUT2D eigenvalue weighted by atomic mass is 9.89. The van der Waals surface area contributed by atoms with Gasteiger partial charge >= 0.3 is 5.97 Å². The molecule has 5 heteroatoms. The van der Waals surface area contributed by atoms with E-state index in [1.165, 1.54) is 31.2 Å². The highest BCUT2D eigenvalue weighted by molar-refractivity contribution is 5.34. The molecule has 0 saturated carbocycles. The predicted octanol–water partition coefficient (Wildman–Crippen LogP) is 4.93. The topological polar surface area (TPSA) is 60.7 Å². The molecule has 0 atom stereocenters. The van der Waals surface area contributed by atoms with Gasteiger partial charge in [0.25, 0.3) is 0 Å². The summed E-state index contributed by atoms with van der Waals surface area (Å²) in [6, 6.07) is 17.6. The van der Waals surface area contributed by atoms with Gasteiger partial charge in [0.15, 0.2) is 0 Å². The lowest BCUT2D eigenvalue weighted by Gasteiger charge is -2.51. The molecular formula is C25H29NO4. The van der Waals surface area contributed by atoms with E-state index in [0.29, 0.717) is 32.0 Å². The van der Waals surface area contributed by atoms with E-state index in [0.717, 1.165) is 17.7 Å². The Bertz CT molecular complexity index is 845. The SMILES string of the molecule is CCCCCCc1ccc(C23OCC(COc4ccc(C#N)cc4)(CO2)CO3)cc1. The standard InChI is InChI=1S/C25H29NO4/c1-2-3-4-5-6-20-7-11-22(12-8-20)25-28-17-24(18-29-25,19-30-25)16-27-23-13-9-21(15-26)10-14-23/h7-14H,2-6,16-19H2,1H3. The highest BCUT2D eigenvalue weighted by Crippen LogP contribution is 2.44. The van der Waals surface area contributed by atoms with E-state index in [9.17, 15) is 0 Å². The van der Waals surface area contributed by atoms with Gasteiger partial charge < -0.3 is 18.9 Å². The second-order valence-electron chi connectivity index (χ2n) is 8.35. The highest BCUT2D eigenvalue weighted by atomic mass is 16.9. The Kier molecular flexibility index (Phi) is 6.38. The van der Waals surface area contributed by atoms with Crippen LogP contribution < -0.4 is 4.74 Å². The first-order valence-corrected chi connectivity index (χ1v) is 10.8. The fraction of sp³-hybridized carbons (Fsp3) is 0.480. The molecule has 3 saturated heterocycles. The largest absolute Gasteiger partial charge is 0.493 e. The molecule has 2 bridgehead atoms. The van der Waals surface area contributed by atoms with Crippen molar-refractivity contribution >= 4 is 0 Å². The normalized spacial score (nSPS) is 25.1. The Morgan fingerprint density at radius 2 is 1.57 bits per heavy atom. The fourth-order valence-corrected chi connectivity index (χ4v) is 3.86. The summed E-state index contributed by atoms with van der Waals surface area (Å²) in [4.78, 5) is 0. The summed E-state index contributed by atoms with van der Waals surface area (Å²) in [6.07, 6.45) is 6.17. The number of unbranched alkanes of at least 4 members (excludes halogenated alkanes) is 3. The van der Waals surface area contributed by atoms with E-state index in [-0.39, 0.29) is 5.41 Å². The lowest BCUT2D eigenvalue weighted by molar-refractivity contribution is -0.481. The molecule has 0 aromatic heterocycles. The van der Waals surface area contributed by atoms with E-state index in [1.54, 1.807) is 24.3 Å². The second kappa shape index (κ2) is 9.18. The number of ether oxygens (including phenoxy) is 4. The molecule has 0 N–H and O–H groups in total. The first-order chi connectivity index (χ1) is 14.7. The van der Waals surface area contributed by atoms with Crippen molar-refractivity contribution in [3.05, 3.63) is 65.2 Å². The van der Waals surface area contributed by atoms with Crippen molar-refractivity contribution < 1.29 is 18.9 Å². The molecule has 0 unspecified atom stereocenters. The Morgan fingerprint density at radius 3 is 2.17 bits per heavy atom.